The number of carbonyl (C=O) groups is 3. The third kappa shape index (κ3) is 5.92. The van der Waals surface area contributed by atoms with Crippen LogP contribution >= 0.6 is 0 Å². The number of anilines is 1. The van der Waals surface area contributed by atoms with Crippen LogP contribution < -0.4 is 21.3 Å². The quantitative estimate of drug-likeness (QED) is 0.435. The smallest absolute Gasteiger partial charge is 0.404 e. The second-order valence-corrected chi connectivity index (χ2v) is 12.4. The number of morpholine rings is 1. The lowest BCUT2D eigenvalue weighted by molar-refractivity contribution is -0.121. The molecule has 2 heterocycles. The standard InChI is InChI=1S/C28H42N6O5/c1-4-22(35)32-27(2,3)5-6-34-25(33-7-9-38-10-8-33)21(16-30-34)24(36)31-23-19-11-18-12-20(23)15-28(13-18,14-19)17-39-26(29)37/h5-6,16,18-20,23H,4,7-15,17H2,1-3H3,(H2,29,37)(H,31,36)(H,32,35). The molecule has 0 aromatic carbocycles. The molecular formula is C28H42N6O5. The highest BCUT2D eigenvalue weighted by Gasteiger charge is 2.56. The van der Waals surface area contributed by atoms with Gasteiger partial charge in [-0.15, -0.1) is 0 Å². The largest absolute Gasteiger partial charge is 0.449 e. The number of aromatic nitrogens is 2. The number of nitrogens with zero attached hydrogens (tertiary/aromatic N) is 3. The summed E-state index contributed by atoms with van der Waals surface area (Å²) in [6, 6.07) is 0.0929. The van der Waals surface area contributed by atoms with Crippen molar-refractivity contribution in [1.29, 1.82) is 0 Å². The van der Waals surface area contributed by atoms with Gasteiger partial charge in [0.2, 0.25) is 5.91 Å². The van der Waals surface area contributed by atoms with Gasteiger partial charge in [-0.1, -0.05) is 6.92 Å². The van der Waals surface area contributed by atoms with Gasteiger partial charge in [0.05, 0.1) is 31.6 Å². The molecule has 11 heteroatoms. The lowest BCUT2D eigenvalue weighted by Gasteiger charge is -2.59. The highest BCUT2D eigenvalue weighted by atomic mass is 16.5. The Bertz CT molecular complexity index is 1110. The lowest BCUT2D eigenvalue weighted by Crippen LogP contribution is -2.60. The summed E-state index contributed by atoms with van der Waals surface area (Å²) in [5.41, 5.74) is 5.22. The summed E-state index contributed by atoms with van der Waals surface area (Å²) in [7, 11) is 0. The molecule has 5 fully saturated rings. The van der Waals surface area contributed by atoms with Crippen molar-refractivity contribution in [2.24, 2.45) is 28.9 Å². The summed E-state index contributed by atoms with van der Waals surface area (Å²) < 4.78 is 12.6. The van der Waals surface area contributed by atoms with Crippen molar-refractivity contribution in [1.82, 2.24) is 20.4 Å². The topological polar surface area (TPSA) is 141 Å². The minimum Gasteiger partial charge on any atom is -0.449 e. The molecule has 214 valence electrons. The number of nitrogens with one attached hydrogen (secondary N) is 2. The van der Waals surface area contributed by atoms with E-state index >= 15 is 0 Å². The molecule has 5 aliphatic rings. The zero-order valence-electron chi connectivity index (χ0n) is 23.3. The van der Waals surface area contributed by atoms with Gasteiger partial charge in [0.25, 0.3) is 5.91 Å². The molecule has 0 radical (unpaired) electrons. The molecule has 2 atom stereocenters. The first-order valence-electron chi connectivity index (χ1n) is 14.2. The number of ether oxygens (including phenoxy) is 2. The Labute approximate surface area is 229 Å². The summed E-state index contributed by atoms with van der Waals surface area (Å²) in [6.07, 6.45) is 10.2. The SMILES string of the molecule is CCC(=O)NC(C)(C)C=Cn1ncc(C(=O)NC2C3CC4CC2CC(COC(N)=O)(C4)C3)c1N1CCOCC1. The number of hydrogen-bond acceptors (Lipinski definition) is 7. The van der Waals surface area contributed by atoms with Gasteiger partial charge in [0.1, 0.15) is 11.4 Å². The first-order valence-corrected chi connectivity index (χ1v) is 14.2. The second kappa shape index (κ2) is 10.8. The Kier molecular flexibility index (Phi) is 7.63. The van der Waals surface area contributed by atoms with Crippen molar-refractivity contribution in [2.75, 3.05) is 37.8 Å². The van der Waals surface area contributed by atoms with Crippen LogP contribution in [-0.4, -0.2) is 72.2 Å². The Balaban J connectivity index is 1.35. The molecule has 2 unspecified atom stereocenters. The van der Waals surface area contributed by atoms with E-state index in [1.54, 1.807) is 10.9 Å². The molecule has 1 aliphatic heterocycles. The van der Waals surface area contributed by atoms with Crippen LogP contribution in [0.25, 0.3) is 6.20 Å². The minimum atomic E-state index is -0.714. The molecule has 39 heavy (non-hydrogen) atoms. The minimum absolute atomic E-state index is 0.0125. The lowest BCUT2D eigenvalue weighted by atomic mass is 9.48. The molecule has 6 rings (SSSR count). The molecule has 3 amide bonds. The van der Waals surface area contributed by atoms with Crippen LogP contribution in [0.1, 0.15) is 69.7 Å². The molecule has 4 aliphatic carbocycles. The highest BCUT2D eigenvalue weighted by Crippen LogP contribution is 2.60. The fraction of sp³-hybridized carbons (Fsp3) is 0.714. The van der Waals surface area contributed by atoms with Gasteiger partial charge >= 0.3 is 6.09 Å². The van der Waals surface area contributed by atoms with Crippen molar-refractivity contribution in [2.45, 2.75) is 70.9 Å². The molecule has 4 saturated carbocycles. The number of amides is 3. The predicted molar refractivity (Wildman–Crippen MR) is 146 cm³/mol. The Morgan fingerprint density at radius 3 is 2.54 bits per heavy atom. The monoisotopic (exact) mass is 542 g/mol. The van der Waals surface area contributed by atoms with E-state index in [0.29, 0.717) is 62.6 Å². The summed E-state index contributed by atoms with van der Waals surface area (Å²) in [4.78, 5) is 39.2. The zero-order chi connectivity index (χ0) is 27.8. The maximum atomic E-state index is 13.8. The normalized spacial score (nSPS) is 30.0. The van der Waals surface area contributed by atoms with Crippen molar-refractivity contribution in [3.63, 3.8) is 0 Å². The summed E-state index contributed by atoms with van der Waals surface area (Å²) in [5, 5.41) is 11.0. The van der Waals surface area contributed by atoms with Gasteiger partial charge in [-0.05, 0) is 69.8 Å². The molecule has 0 spiro atoms. The number of primary amides is 1. The maximum Gasteiger partial charge on any atom is 0.404 e. The first kappa shape index (κ1) is 27.5. The van der Waals surface area contributed by atoms with E-state index in [9.17, 15) is 14.4 Å². The van der Waals surface area contributed by atoms with Gasteiger partial charge in [0, 0.05) is 37.2 Å². The van der Waals surface area contributed by atoms with E-state index in [2.05, 4.69) is 20.6 Å². The fourth-order valence-corrected chi connectivity index (χ4v) is 7.52. The van der Waals surface area contributed by atoms with Gasteiger partial charge < -0.3 is 30.7 Å². The molecule has 4 bridgehead atoms. The van der Waals surface area contributed by atoms with E-state index in [1.165, 1.54) is 0 Å². The molecule has 1 saturated heterocycles. The van der Waals surface area contributed by atoms with Gasteiger partial charge in [-0.2, -0.15) is 5.10 Å². The molecule has 1 aromatic rings. The number of nitrogens with two attached hydrogens (primary N) is 1. The Morgan fingerprint density at radius 1 is 1.21 bits per heavy atom. The zero-order valence-corrected chi connectivity index (χ0v) is 23.3. The van der Waals surface area contributed by atoms with Crippen LogP contribution in [0.2, 0.25) is 0 Å². The van der Waals surface area contributed by atoms with Crippen LogP contribution in [-0.2, 0) is 14.3 Å². The summed E-state index contributed by atoms with van der Waals surface area (Å²) in [6.45, 7) is 8.54. The second-order valence-electron chi connectivity index (χ2n) is 12.4. The average Bonchev–Trinajstić information content (AvgIpc) is 3.32. The van der Waals surface area contributed by atoms with Crippen LogP contribution in [0.5, 0.6) is 0 Å². The third-order valence-corrected chi connectivity index (χ3v) is 8.96. The van der Waals surface area contributed by atoms with Crippen molar-refractivity contribution in [3.8, 4) is 0 Å². The predicted octanol–water partition coefficient (Wildman–Crippen LogP) is 2.52. The summed E-state index contributed by atoms with van der Waals surface area (Å²) >= 11 is 0. The van der Waals surface area contributed by atoms with Crippen LogP contribution in [0.3, 0.4) is 0 Å². The highest BCUT2D eigenvalue weighted by molar-refractivity contribution is 5.99. The van der Waals surface area contributed by atoms with Gasteiger partial charge in [-0.25, -0.2) is 9.48 Å². The molecule has 1 aromatic heterocycles. The van der Waals surface area contributed by atoms with E-state index in [-0.39, 0.29) is 23.3 Å². The van der Waals surface area contributed by atoms with Crippen LogP contribution in [0.15, 0.2) is 12.3 Å². The van der Waals surface area contributed by atoms with Crippen LogP contribution in [0.4, 0.5) is 10.6 Å². The summed E-state index contributed by atoms with van der Waals surface area (Å²) in [5.74, 6) is 1.93. The molecule has 4 N–H and O–H groups in total. The van der Waals surface area contributed by atoms with E-state index in [0.717, 1.165) is 37.9 Å². The van der Waals surface area contributed by atoms with Gasteiger partial charge in [0.15, 0.2) is 0 Å². The molecular weight excluding hydrogens is 500 g/mol. The van der Waals surface area contributed by atoms with E-state index < -0.39 is 11.6 Å². The number of rotatable bonds is 9. The number of carbonyl (C=O) groups excluding carboxylic acids is 3. The first-order chi connectivity index (χ1) is 18.6. The van der Waals surface area contributed by atoms with Crippen molar-refractivity contribution < 1.29 is 23.9 Å². The fourth-order valence-electron chi connectivity index (χ4n) is 7.52. The Morgan fingerprint density at radius 2 is 1.90 bits per heavy atom. The van der Waals surface area contributed by atoms with Crippen molar-refractivity contribution in [3.05, 3.63) is 17.8 Å². The van der Waals surface area contributed by atoms with Crippen molar-refractivity contribution >= 4 is 29.9 Å². The third-order valence-electron chi connectivity index (χ3n) is 8.96. The van der Waals surface area contributed by atoms with Gasteiger partial charge in [-0.3, -0.25) is 9.59 Å². The van der Waals surface area contributed by atoms with Crippen LogP contribution in [0, 0.1) is 23.2 Å². The van der Waals surface area contributed by atoms with E-state index in [1.807, 2.05) is 33.0 Å². The number of hydrogen-bond donors (Lipinski definition) is 3. The Hall–Kier alpha value is -3.08. The maximum absolute atomic E-state index is 13.8. The molecule has 11 nitrogen and oxygen atoms in total. The van der Waals surface area contributed by atoms with E-state index in [4.69, 9.17) is 15.2 Å². The average molecular weight is 543 g/mol.